The number of hydrogen-bond acceptors (Lipinski definition) is 10. The topological polar surface area (TPSA) is 203 Å². The van der Waals surface area contributed by atoms with Crippen LogP contribution in [0.5, 0.6) is 0 Å². The van der Waals surface area contributed by atoms with Crippen molar-refractivity contribution in [2.45, 2.75) is 63.4 Å². The molecule has 0 fully saturated rings. The number of alkyl halides is 4. The highest BCUT2D eigenvalue weighted by molar-refractivity contribution is 7.79. The van der Waals surface area contributed by atoms with Gasteiger partial charge in [-0.15, -0.1) is 46.4 Å². The van der Waals surface area contributed by atoms with Gasteiger partial charge in [0.15, 0.2) is 0 Å². The minimum Gasteiger partial charge on any atom is -0.759 e. The molecule has 0 aliphatic rings. The molecule has 14 nitrogen and oxygen atoms in total. The van der Waals surface area contributed by atoms with Crippen molar-refractivity contribution in [2.24, 2.45) is 0 Å². The highest BCUT2D eigenvalue weighted by Crippen LogP contribution is 1.94. The van der Waals surface area contributed by atoms with Crippen molar-refractivity contribution in [1.29, 1.82) is 0 Å². The third-order valence-corrected chi connectivity index (χ3v) is 6.77. The average molecular weight is 719 g/mol. The first-order chi connectivity index (χ1) is 20.3. The Hall–Kier alpha value is -0.790. The van der Waals surface area contributed by atoms with Crippen molar-refractivity contribution >= 4 is 56.8 Å². The summed E-state index contributed by atoms with van der Waals surface area (Å²) in [6.45, 7) is 5.50. The van der Waals surface area contributed by atoms with Crippen LogP contribution in [-0.4, -0.2) is 121 Å². The zero-order valence-corrected chi connectivity index (χ0v) is 27.6. The van der Waals surface area contributed by atoms with Crippen molar-refractivity contribution < 1.29 is 47.1 Å². The number of nitrogens with zero attached hydrogens (tertiary/aromatic N) is 4. The van der Waals surface area contributed by atoms with Crippen LogP contribution < -0.4 is 19.8 Å². The largest absolute Gasteiger partial charge is 0.759 e. The molecule has 19 heteroatoms. The fraction of sp³-hybridized carbons (Fsp3) is 0.750. The molecular formula is C24H44Cl4N6O8S. The first-order valence-electron chi connectivity index (χ1n) is 13.4. The molecule has 0 saturated carbocycles. The van der Waals surface area contributed by atoms with Crippen LogP contribution in [0.3, 0.4) is 0 Å². The Morgan fingerprint density at radius 2 is 1.00 bits per heavy atom. The monoisotopic (exact) mass is 716 g/mol. The Kier molecular flexibility index (Phi) is 24.9. The number of hydrogen-bond donors (Lipinski definition) is 6. The van der Waals surface area contributed by atoms with Crippen molar-refractivity contribution in [3.63, 3.8) is 0 Å². The molecule has 2 aromatic heterocycles. The first-order valence-corrected chi connectivity index (χ1v) is 16.9. The van der Waals surface area contributed by atoms with Crippen molar-refractivity contribution in [3.8, 4) is 0 Å². The van der Waals surface area contributed by atoms with Gasteiger partial charge in [-0.25, -0.2) is 18.3 Å². The summed E-state index contributed by atoms with van der Waals surface area (Å²) in [5.74, 6) is 0.997. The summed E-state index contributed by atoms with van der Waals surface area (Å²) in [7, 11) is -5.17. The lowest BCUT2D eigenvalue weighted by Crippen LogP contribution is -2.38. The van der Waals surface area contributed by atoms with E-state index in [0.29, 0.717) is 26.2 Å². The van der Waals surface area contributed by atoms with E-state index < -0.39 is 34.8 Å². The van der Waals surface area contributed by atoms with E-state index in [2.05, 4.69) is 19.8 Å². The van der Waals surface area contributed by atoms with E-state index in [-0.39, 0.29) is 23.5 Å². The van der Waals surface area contributed by atoms with Crippen LogP contribution >= 0.6 is 46.4 Å². The molecule has 0 amide bonds. The highest BCUT2D eigenvalue weighted by atomic mass is 35.5. The van der Waals surface area contributed by atoms with E-state index in [1.807, 2.05) is 46.6 Å². The molecule has 4 atom stereocenters. The number of imidazole rings is 2. The SMILES string of the molecule is O=S(=O)([O-])[O-].OC(CCl)CNCCCn1cc[n+](CC(O)CCl)c1.OC(CCl)CNCCCn1cc[n+](CC(O)CCl)c1. The van der Waals surface area contributed by atoms with Crippen LogP contribution in [0.2, 0.25) is 0 Å². The molecule has 2 rings (SSSR count). The zero-order valence-electron chi connectivity index (χ0n) is 23.8. The molecule has 43 heavy (non-hydrogen) atoms. The standard InChI is InChI=1S/2C12H22Cl2N3O2.H2O4S/c2*13-6-11(18)8-15-2-1-3-16-4-5-17(10-16)9-12(19)7-14;1-5(2,3)4/h2*4-5,10-12,15,18-19H,1-3,6-9H2;(H2,1,2,3,4)/q2*+1;/p-2. The lowest BCUT2D eigenvalue weighted by Gasteiger charge is -2.07. The van der Waals surface area contributed by atoms with E-state index in [0.717, 1.165) is 39.0 Å². The third kappa shape index (κ3) is 26.2. The van der Waals surface area contributed by atoms with Crippen molar-refractivity contribution in [2.75, 3.05) is 49.7 Å². The minimum absolute atomic E-state index is 0.241. The van der Waals surface area contributed by atoms with Gasteiger partial charge in [-0.05, 0) is 25.9 Å². The van der Waals surface area contributed by atoms with Crippen LogP contribution in [0.4, 0.5) is 0 Å². The van der Waals surface area contributed by atoms with Crippen molar-refractivity contribution in [3.05, 3.63) is 37.4 Å². The lowest BCUT2D eigenvalue weighted by molar-refractivity contribution is -0.702. The number of aromatic nitrogens is 4. The van der Waals surface area contributed by atoms with E-state index in [1.165, 1.54) is 0 Å². The molecule has 0 spiro atoms. The summed E-state index contributed by atoms with van der Waals surface area (Å²) in [6.07, 6.45) is 11.6. The van der Waals surface area contributed by atoms with E-state index in [9.17, 15) is 20.4 Å². The second-order valence-electron chi connectivity index (χ2n) is 9.45. The zero-order chi connectivity index (χ0) is 32.7. The van der Waals surface area contributed by atoms with E-state index in [1.54, 1.807) is 0 Å². The van der Waals surface area contributed by atoms with Crippen LogP contribution in [-0.2, 0) is 36.6 Å². The first kappa shape index (κ1) is 42.2. The van der Waals surface area contributed by atoms with Gasteiger partial charge in [0.2, 0.25) is 12.7 Å². The number of nitrogens with one attached hydrogen (secondary N) is 2. The second-order valence-corrected chi connectivity index (χ2v) is 11.5. The van der Waals surface area contributed by atoms with Crippen LogP contribution in [0.15, 0.2) is 37.4 Å². The van der Waals surface area contributed by atoms with Crippen LogP contribution in [0.1, 0.15) is 12.8 Å². The maximum atomic E-state index is 9.44. The van der Waals surface area contributed by atoms with Gasteiger partial charge in [0.1, 0.15) is 50.1 Å². The Morgan fingerprint density at radius 3 is 1.30 bits per heavy atom. The summed E-state index contributed by atoms with van der Waals surface area (Å²) in [5, 5.41) is 43.7. The third-order valence-electron chi connectivity index (χ3n) is 5.35. The predicted octanol–water partition coefficient (Wildman–Crippen LogP) is -1.43. The Bertz CT molecular complexity index is 978. The number of aryl methyl sites for hydroxylation is 2. The average Bonchev–Trinajstić information content (AvgIpc) is 3.60. The van der Waals surface area contributed by atoms with Crippen molar-refractivity contribution in [1.82, 2.24) is 19.8 Å². The van der Waals surface area contributed by atoms with Gasteiger partial charge in [0.25, 0.3) is 0 Å². The number of aliphatic hydroxyl groups is 4. The maximum Gasteiger partial charge on any atom is 0.243 e. The smallest absolute Gasteiger partial charge is 0.243 e. The molecule has 6 N–H and O–H groups in total. The highest BCUT2D eigenvalue weighted by Gasteiger charge is 2.10. The van der Waals surface area contributed by atoms with Gasteiger partial charge < -0.3 is 40.2 Å². The Labute approximate surface area is 273 Å². The minimum atomic E-state index is -5.17. The Morgan fingerprint density at radius 1 is 0.674 bits per heavy atom. The van der Waals surface area contributed by atoms with Gasteiger partial charge in [-0.2, -0.15) is 0 Å². The van der Waals surface area contributed by atoms with Crippen LogP contribution in [0.25, 0.3) is 0 Å². The molecule has 0 aliphatic carbocycles. The number of rotatable bonds is 20. The molecule has 0 aliphatic heterocycles. The van der Waals surface area contributed by atoms with Gasteiger partial charge in [0, 0.05) is 35.2 Å². The molecule has 2 aromatic rings. The van der Waals surface area contributed by atoms with Gasteiger partial charge in [0.05, 0.1) is 37.1 Å². The fourth-order valence-electron chi connectivity index (χ4n) is 3.36. The number of halogens is 4. The molecule has 0 aromatic carbocycles. The van der Waals surface area contributed by atoms with E-state index in [4.69, 9.17) is 63.9 Å². The summed E-state index contributed by atoms with van der Waals surface area (Å²) < 4.78 is 42.0. The molecule has 0 radical (unpaired) electrons. The molecule has 0 bridgehead atoms. The normalized spacial score (nSPS) is 14.2. The lowest BCUT2D eigenvalue weighted by atomic mass is 10.3. The summed E-state index contributed by atoms with van der Waals surface area (Å²) >= 11 is 22.1. The molecule has 252 valence electrons. The van der Waals surface area contributed by atoms with Crippen LogP contribution in [0, 0.1) is 0 Å². The number of aliphatic hydroxyl groups excluding tert-OH is 4. The summed E-state index contributed by atoms with van der Waals surface area (Å²) in [4.78, 5) is 0. The predicted molar refractivity (Wildman–Crippen MR) is 162 cm³/mol. The van der Waals surface area contributed by atoms with Gasteiger partial charge >= 0.3 is 0 Å². The second kappa shape index (κ2) is 25.4. The summed E-state index contributed by atoms with van der Waals surface area (Å²) in [6, 6.07) is 0. The van der Waals surface area contributed by atoms with Gasteiger partial charge in [-0.3, -0.25) is 8.42 Å². The summed E-state index contributed by atoms with van der Waals surface area (Å²) in [5.41, 5.74) is 0. The fourth-order valence-corrected chi connectivity index (χ4v) is 3.78. The Balaban J connectivity index is 0.000000709. The molecular weight excluding hydrogens is 674 g/mol. The van der Waals surface area contributed by atoms with Gasteiger partial charge in [-0.1, -0.05) is 0 Å². The molecule has 0 saturated heterocycles. The quantitative estimate of drug-likeness (QED) is 0.0310. The molecule has 4 unspecified atom stereocenters. The maximum absolute atomic E-state index is 9.44. The van der Waals surface area contributed by atoms with E-state index >= 15 is 0 Å². The molecule has 2 heterocycles.